The predicted octanol–water partition coefficient (Wildman–Crippen LogP) is 1.45. The molecule has 0 spiro atoms. The van der Waals surface area contributed by atoms with E-state index in [1.165, 1.54) is 11.3 Å². The molecule has 0 aliphatic rings. The van der Waals surface area contributed by atoms with Crippen LogP contribution in [-0.4, -0.2) is 22.0 Å². The van der Waals surface area contributed by atoms with Crippen molar-refractivity contribution in [3.05, 3.63) is 40.6 Å². The van der Waals surface area contributed by atoms with Crippen molar-refractivity contribution in [3.8, 4) is 0 Å². The van der Waals surface area contributed by atoms with Crippen molar-refractivity contribution in [3.63, 3.8) is 0 Å². The Bertz CT molecular complexity index is 461. The van der Waals surface area contributed by atoms with Gasteiger partial charge in [0, 0.05) is 26.2 Å². The summed E-state index contributed by atoms with van der Waals surface area (Å²) in [6.07, 6.45) is 4.48. The van der Waals surface area contributed by atoms with Gasteiger partial charge in [0.25, 0.3) is 5.91 Å². The minimum absolute atomic E-state index is 0.00840. The Labute approximate surface area is 97.9 Å². The van der Waals surface area contributed by atoms with E-state index in [9.17, 15) is 4.79 Å². The number of carbonyl (C=O) groups is 1. The van der Waals surface area contributed by atoms with Crippen LogP contribution in [0.25, 0.3) is 0 Å². The molecule has 2 aromatic heterocycles. The molecule has 4 nitrogen and oxygen atoms in total. The van der Waals surface area contributed by atoms with Crippen LogP contribution < -0.4 is 5.32 Å². The SMILES string of the molecule is Cn1cnc(CCNC(=O)c2cccs2)c1. The second-order valence-electron chi connectivity index (χ2n) is 3.51. The molecule has 2 heterocycles. The van der Waals surface area contributed by atoms with Crippen molar-refractivity contribution in [2.45, 2.75) is 6.42 Å². The van der Waals surface area contributed by atoms with Gasteiger partial charge < -0.3 is 9.88 Å². The van der Waals surface area contributed by atoms with Crippen molar-refractivity contribution in [1.82, 2.24) is 14.9 Å². The van der Waals surface area contributed by atoms with E-state index in [4.69, 9.17) is 0 Å². The number of imidazole rings is 1. The molecule has 2 rings (SSSR count). The summed E-state index contributed by atoms with van der Waals surface area (Å²) >= 11 is 1.45. The van der Waals surface area contributed by atoms with Gasteiger partial charge in [-0.3, -0.25) is 4.79 Å². The minimum atomic E-state index is -0.00840. The third-order valence-corrected chi connectivity index (χ3v) is 3.04. The molecule has 0 aliphatic carbocycles. The van der Waals surface area contributed by atoms with E-state index >= 15 is 0 Å². The summed E-state index contributed by atoms with van der Waals surface area (Å²) in [6, 6.07) is 3.69. The maximum atomic E-state index is 11.6. The summed E-state index contributed by atoms with van der Waals surface area (Å²) < 4.78 is 1.90. The molecule has 0 unspecified atom stereocenters. The van der Waals surface area contributed by atoms with Gasteiger partial charge in [0.05, 0.1) is 16.9 Å². The Balaban J connectivity index is 1.78. The maximum Gasteiger partial charge on any atom is 0.261 e. The highest BCUT2D eigenvalue weighted by Crippen LogP contribution is 2.07. The summed E-state index contributed by atoms with van der Waals surface area (Å²) in [5, 5.41) is 4.76. The Hall–Kier alpha value is -1.62. The number of amides is 1. The molecule has 0 radical (unpaired) electrons. The molecule has 0 fully saturated rings. The number of hydrogen-bond donors (Lipinski definition) is 1. The van der Waals surface area contributed by atoms with Gasteiger partial charge in [0.1, 0.15) is 0 Å². The topological polar surface area (TPSA) is 46.9 Å². The van der Waals surface area contributed by atoms with E-state index in [2.05, 4.69) is 10.3 Å². The number of nitrogens with zero attached hydrogens (tertiary/aromatic N) is 2. The van der Waals surface area contributed by atoms with Crippen LogP contribution in [0.4, 0.5) is 0 Å². The van der Waals surface area contributed by atoms with Crippen molar-refractivity contribution in [2.24, 2.45) is 7.05 Å². The molecule has 2 aromatic rings. The zero-order valence-corrected chi connectivity index (χ0v) is 9.83. The van der Waals surface area contributed by atoms with E-state index < -0.39 is 0 Å². The molecule has 16 heavy (non-hydrogen) atoms. The van der Waals surface area contributed by atoms with Gasteiger partial charge in [-0.05, 0) is 11.4 Å². The third-order valence-electron chi connectivity index (χ3n) is 2.17. The predicted molar refractivity (Wildman–Crippen MR) is 63.6 cm³/mol. The van der Waals surface area contributed by atoms with Crippen LogP contribution in [-0.2, 0) is 13.5 Å². The van der Waals surface area contributed by atoms with Crippen LogP contribution in [0.2, 0.25) is 0 Å². The van der Waals surface area contributed by atoms with Crippen molar-refractivity contribution in [2.75, 3.05) is 6.54 Å². The quantitative estimate of drug-likeness (QED) is 0.872. The number of aryl methyl sites for hydroxylation is 1. The largest absolute Gasteiger partial charge is 0.351 e. The normalized spacial score (nSPS) is 10.3. The first-order valence-corrected chi connectivity index (χ1v) is 5.92. The molecule has 0 saturated heterocycles. The van der Waals surface area contributed by atoms with Crippen molar-refractivity contribution < 1.29 is 4.79 Å². The lowest BCUT2D eigenvalue weighted by Crippen LogP contribution is -2.24. The van der Waals surface area contributed by atoms with Crippen molar-refractivity contribution in [1.29, 1.82) is 0 Å². The highest BCUT2D eigenvalue weighted by molar-refractivity contribution is 7.12. The first-order valence-electron chi connectivity index (χ1n) is 5.04. The molecule has 5 heteroatoms. The summed E-state index contributed by atoms with van der Waals surface area (Å²) in [5.74, 6) is -0.00840. The lowest BCUT2D eigenvalue weighted by molar-refractivity contribution is 0.0958. The average molecular weight is 235 g/mol. The number of thiophene rings is 1. The highest BCUT2D eigenvalue weighted by atomic mass is 32.1. The van der Waals surface area contributed by atoms with Gasteiger partial charge in [-0.2, -0.15) is 0 Å². The highest BCUT2D eigenvalue weighted by Gasteiger charge is 2.05. The fourth-order valence-electron chi connectivity index (χ4n) is 1.40. The van der Waals surface area contributed by atoms with Crippen LogP contribution in [0.5, 0.6) is 0 Å². The number of nitrogens with one attached hydrogen (secondary N) is 1. The first kappa shape index (κ1) is 10.9. The molecule has 0 saturated carbocycles. The van der Waals surface area contributed by atoms with E-state index in [-0.39, 0.29) is 5.91 Å². The first-order chi connectivity index (χ1) is 7.75. The molecule has 0 bridgehead atoms. The molecule has 84 valence electrons. The lowest BCUT2D eigenvalue weighted by atomic mass is 10.3. The monoisotopic (exact) mass is 235 g/mol. The minimum Gasteiger partial charge on any atom is -0.351 e. The standard InChI is InChI=1S/C11H13N3OS/c1-14-7-9(13-8-14)4-5-12-11(15)10-3-2-6-16-10/h2-3,6-8H,4-5H2,1H3,(H,12,15). The van der Waals surface area contributed by atoms with E-state index in [0.717, 1.165) is 17.0 Å². The molecule has 0 aliphatic heterocycles. The fourth-order valence-corrected chi connectivity index (χ4v) is 2.04. The fraction of sp³-hybridized carbons (Fsp3) is 0.273. The summed E-state index contributed by atoms with van der Waals surface area (Å²) in [5.41, 5.74) is 0.994. The van der Waals surface area contributed by atoms with Gasteiger partial charge in [0.15, 0.2) is 0 Å². The maximum absolute atomic E-state index is 11.6. The Morgan fingerprint density at radius 1 is 1.62 bits per heavy atom. The van der Waals surface area contributed by atoms with E-state index in [0.29, 0.717) is 6.54 Å². The van der Waals surface area contributed by atoms with Gasteiger partial charge >= 0.3 is 0 Å². The summed E-state index contributed by atoms with van der Waals surface area (Å²) in [7, 11) is 1.93. The Morgan fingerprint density at radius 3 is 3.12 bits per heavy atom. The Kier molecular flexibility index (Phi) is 3.36. The van der Waals surface area contributed by atoms with Gasteiger partial charge in [-0.15, -0.1) is 11.3 Å². The zero-order valence-electron chi connectivity index (χ0n) is 9.01. The van der Waals surface area contributed by atoms with Crippen molar-refractivity contribution >= 4 is 17.2 Å². The molecular formula is C11H13N3OS. The Morgan fingerprint density at radius 2 is 2.50 bits per heavy atom. The van der Waals surface area contributed by atoms with Crippen LogP contribution in [0, 0.1) is 0 Å². The number of carbonyl (C=O) groups excluding carboxylic acids is 1. The van der Waals surface area contributed by atoms with Crippen LogP contribution in [0.1, 0.15) is 15.4 Å². The molecule has 1 amide bonds. The smallest absolute Gasteiger partial charge is 0.261 e. The molecule has 1 N–H and O–H groups in total. The van der Waals surface area contributed by atoms with Crippen LogP contribution >= 0.6 is 11.3 Å². The zero-order chi connectivity index (χ0) is 11.4. The molecule has 0 atom stereocenters. The van der Waals surface area contributed by atoms with Gasteiger partial charge in [-0.1, -0.05) is 6.07 Å². The lowest BCUT2D eigenvalue weighted by Gasteiger charge is -2.01. The molecule has 0 aromatic carbocycles. The average Bonchev–Trinajstić information content (AvgIpc) is 2.89. The molecular weight excluding hydrogens is 222 g/mol. The van der Waals surface area contributed by atoms with Gasteiger partial charge in [-0.25, -0.2) is 4.98 Å². The van der Waals surface area contributed by atoms with Crippen LogP contribution in [0.15, 0.2) is 30.0 Å². The summed E-state index contributed by atoms with van der Waals surface area (Å²) in [6.45, 7) is 0.619. The number of hydrogen-bond acceptors (Lipinski definition) is 3. The second kappa shape index (κ2) is 4.94. The third kappa shape index (κ3) is 2.70. The number of rotatable bonds is 4. The van der Waals surface area contributed by atoms with Crippen LogP contribution in [0.3, 0.4) is 0 Å². The van der Waals surface area contributed by atoms with E-state index in [1.54, 1.807) is 6.33 Å². The summed E-state index contributed by atoms with van der Waals surface area (Å²) in [4.78, 5) is 16.5. The number of aromatic nitrogens is 2. The van der Waals surface area contributed by atoms with E-state index in [1.807, 2.05) is 35.3 Å². The van der Waals surface area contributed by atoms with Gasteiger partial charge in [0.2, 0.25) is 0 Å². The second-order valence-corrected chi connectivity index (χ2v) is 4.46.